The lowest BCUT2D eigenvalue weighted by Gasteiger charge is -2.13. The fourth-order valence-corrected chi connectivity index (χ4v) is 3.93. The molecule has 4 rings (SSSR count). The molecule has 0 bridgehead atoms. The average Bonchev–Trinajstić information content (AvgIpc) is 3.18. The maximum absolute atomic E-state index is 13.1. The molecule has 0 radical (unpaired) electrons. The van der Waals surface area contributed by atoms with E-state index in [9.17, 15) is 14.4 Å². The summed E-state index contributed by atoms with van der Waals surface area (Å²) in [4.78, 5) is 41.7. The minimum Gasteiger partial charge on any atom is -0.452 e. The maximum atomic E-state index is 13.1. The van der Waals surface area contributed by atoms with Crippen LogP contribution in [0.3, 0.4) is 0 Å². The van der Waals surface area contributed by atoms with E-state index in [0.717, 1.165) is 28.8 Å². The zero-order valence-corrected chi connectivity index (χ0v) is 18.6. The van der Waals surface area contributed by atoms with Crippen LogP contribution in [0.4, 0.5) is 4.79 Å². The van der Waals surface area contributed by atoms with Gasteiger partial charge in [0.15, 0.2) is 6.61 Å². The number of para-hydroxylation sites is 1. The Hall–Kier alpha value is -4.00. The van der Waals surface area contributed by atoms with Gasteiger partial charge in [0.2, 0.25) is 0 Å². The molecule has 2 N–H and O–H groups in total. The van der Waals surface area contributed by atoms with Gasteiger partial charge in [0.05, 0.1) is 16.8 Å². The number of allylic oxidation sites excluding steroid dienone is 1. The molecule has 7 heteroatoms. The van der Waals surface area contributed by atoms with Crippen LogP contribution in [0.1, 0.15) is 47.4 Å². The first-order valence-corrected chi connectivity index (χ1v) is 10.9. The van der Waals surface area contributed by atoms with Gasteiger partial charge < -0.3 is 10.1 Å². The molecule has 3 aromatic rings. The Labute approximate surface area is 191 Å². The number of carbonyl (C=O) groups is 3. The maximum Gasteiger partial charge on any atom is 0.339 e. The van der Waals surface area contributed by atoms with Crippen LogP contribution >= 0.6 is 0 Å². The van der Waals surface area contributed by atoms with Crippen molar-refractivity contribution in [2.45, 2.75) is 32.7 Å². The van der Waals surface area contributed by atoms with E-state index >= 15 is 0 Å². The normalized spacial score (nSPS) is 13.7. The topological polar surface area (TPSA) is 97.4 Å². The van der Waals surface area contributed by atoms with Crippen LogP contribution in [-0.2, 0) is 16.0 Å². The molecule has 0 fully saturated rings. The summed E-state index contributed by atoms with van der Waals surface area (Å²) < 4.78 is 5.30. The van der Waals surface area contributed by atoms with Gasteiger partial charge >= 0.3 is 12.0 Å². The van der Waals surface area contributed by atoms with E-state index in [0.29, 0.717) is 22.9 Å². The Balaban J connectivity index is 1.61. The highest BCUT2D eigenvalue weighted by molar-refractivity contribution is 6.08. The second kappa shape index (κ2) is 9.65. The van der Waals surface area contributed by atoms with Crippen molar-refractivity contribution in [1.82, 2.24) is 15.6 Å². The van der Waals surface area contributed by atoms with E-state index in [4.69, 9.17) is 9.72 Å². The third-order valence-corrected chi connectivity index (χ3v) is 5.29. The Morgan fingerprint density at radius 3 is 2.52 bits per heavy atom. The molecule has 1 aliphatic rings. The first-order valence-electron chi connectivity index (χ1n) is 10.9. The van der Waals surface area contributed by atoms with E-state index in [1.54, 1.807) is 13.8 Å². The standard InChI is InChI=1S/C26H25N3O4/c1-16(2)27-26(32)29-22(30)15-33-25(31)23-19-10-6-7-11-21(19)28-24-18(12-13-20(23)24)14-17-8-4-3-5-9-17/h3-11,14,16H,12-13,15H2,1-2H3,(H2,27,29,30,32). The van der Waals surface area contributed by atoms with E-state index in [-0.39, 0.29) is 6.04 Å². The number of benzene rings is 2. The Kier molecular flexibility index (Phi) is 6.49. The molecule has 1 aliphatic carbocycles. The van der Waals surface area contributed by atoms with Gasteiger partial charge in [-0.15, -0.1) is 0 Å². The number of carbonyl (C=O) groups excluding carboxylic acids is 3. The van der Waals surface area contributed by atoms with E-state index in [2.05, 4.69) is 16.7 Å². The van der Waals surface area contributed by atoms with Gasteiger partial charge in [-0.1, -0.05) is 48.5 Å². The molecule has 0 atom stereocenters. The first kappa shape index (κ1) is 22.2. The number of fused-ring (bicyclic) bond motifs is 2. The van der Waals surface area contributed by atoms with Crippen LogP contribution in [0, 0.1) is 0 Å². The minimum atomic E-state index is -0.693. The second-order valence-corrected chi connectivity index (χ2v) is 8.16. The Morgan fingerprint density at radius 1 is 1.03 bits per heavy atom. The van der Waals surface area contributed by atoms with Gasteiger partial charge in [-0.2, -0.15) is 0 Å². The summed E-state index contributed by atoms with van der Waals surface area (Å²) in [5.41, 5.74) is 4.83. The quantitative estimate of drug-likeness (QED) is 0.579. The average molecular weight is 444 g/mol. The number of aromatic nitrogens is 1. The molecule has 0 saturated heterocycles. The minimum absolute atomic E-state index is 0.121. The Bertz CT molecular complexity index is 1250. The van der Waals surface area contributed by atoms with Gasteiger partial charge in [-0.3, -0.25) is 10.1 Å². The van der Waals surface area contributed by atoms with Crippen molar-refractivity contribution in [3.8, 4) is 0 Å². The highest BCUT2D eigenvalue weighted by Crippen LogP contribution is 2.37. The number of hydrogen-bond acceptors (Lipinski definition) is 5. The monoisotopic (exact) mass is 443 g/mol. The predicted octanol–water partition coefficient (Wildman–Crippen LogP) is 4.11. The van der Waals surface area contributed by atoms with Gasteiger partial charge in [-0.25, -0.2) is 14.6 Å². The molecule has 7 nitrogen and oxygen atoms in total. The third kappa shape index (κ3) is 5.09. The number of hydrogen-bond donors (Lipinski definition) is 2. The van der Waals surface area contributed by atoms with Crippen molar-refractivity contribution < 1.29 is 19.1 Å². The summed E-state index contributed by atoms with van der Waals surface area (Å²) in [6, 6.07) is 16.6. The molecule has 3 amide bonds. The van der Waals surface area contributed by atoms with Gasteiger partial charge in [0.1, 0.15) is 0 Å². The molecule has 1 aromatic heterocycles. The van der Waals surface area contributed by atoms with Crippen molar-refractivity contribution in [2.75, 3.05) is 6.61 Å². The smallest absolute Gasteiger partial charge is 0.339 e. The summed E-state index contributed by atoms with van der Waals surface area (Å²) in [7, 11) is 0. The van der Waals surface area contributed by atoms with Crippen LogP contribution in [0.2, 0.25) is 0 Å². The number of nitrogens with one attached hydrogen (secondary N) is 2. The molecule has 0 aliphatic heterocycles. The van der Waals surface area contributed by atoms with Crippen molar-refractivity contribution in [3.05, 3.63) is 77.0 Å². The summed E-state index contributed by atoms with van der Waals surface area (Å²) in [5, 5.41) is 5.39. The second-order valence-electron chi connectivity index (χ2n) is 8.16. The fourth-order valence-electron chi connectivity index (χ4n) is 3.93. The van der Waals surface area contributed by atoms with Crippen LogP contribution < -0.4 is 10.6 Å². The lowest BCUT2D eigenvalue weighted by Crippen LogP contribution is -2.44. The number of ether oxygens (including phenoxy) is 1. The van der Waals surface area contributed by atoms with Crippen molar-refractivity contribution >= 4 is 40.5 Å². The number of rotatable bonds is 5. The summed E-state index contributed by atoms with van der Waals surface area (Å²) in [6.45, 7) is 3.00. The molecule has 0 unspecified atom stereocenters. The zero-order chi connectivity index (χ0) is 23.4. The Morgan fingerprint density at radius 2 is 1.76 bits per heavy atom. The fraction of sp³-hybridized carbons (Fsp3) is 0.231. The lowest BCUT2D eigenvalue weighted by atomic mass is 10.0. The first-order chi connectivity index (χ1) is 15.9. The van der Waals surface area contributed by atoms with E-state index in [1.165, 1.54) is 0 Å². The highest BCUT2D eigenvalue weighted by Gasteiger charge is 2.28. The van der Waals surface area contributed by atoms with Crippen LogP contribution in [0.5, 0.6) is 0 Å². The zero-order valence-electron chi connectivity index (χ0n) is 18.6. The summed E-state index contributed by atoms with van der Waals surface area (Å²) >= 11 is 0. The van der Waals surface area contributed by atoms with Crippen molar-refractivity contribution in [2.24, 2.45) is 0 Å². The molecule has 2 aromatic carbocycles. The van der Waals surface area contributed by atoms with Crippen LogP contribution in [0.15, 0.2) is 54.6 Å². The number of pyridine rings is 1. The summed E-state index contributed by atoms with van der Waals surface area (Å²) in [5.74, 6) is -1.30. The molecular weight excluding hydrogens is 418 g/mol. The van der Waals surface area contributed by atoms with E-state index in [1.807, 2.05) is 54.6 Å². The number of nitrogens with zero attached hydrogens (tertiary/aromatic N) is 1. The number of esters is 1. The highest BCUT2D eigenvalue weighted by atomic mass is 16.5. The molecule has 0 spiro atoms. The molecular formula is C26H25N3O4. The van der Waals surface area contributed by atoms with Crippen molar-refractivity contribution in [1.29, 1.82) is 0 Å². The molecule has 0 saturated carbocycles. The number of urea groups is 1. The van der Waals surface area contributed by atoms with E-state index < -0.39 is 24.5 Å². The van der Waals surface area contributed by atoms with Crippen molar-refractivity contribution in [3.63, 3.8) is 0 Å². The molecule has 33 heavy (non-hydrogen) atoms. The predicted molar refractivity (Wildman–Crippen MR) is 126 cm³/mol. The van der Waals surface area contributed by atoms with Crippen LogP contribution in [-0.4, -0.2) is 35.5 Å². The molecule has 168 valence electrons. The van der Waals surface area contributed by atoms with Gasteiger partial charge in [0.25, 0.3) is 5.91 Å². The summed E-state index contributed by atoms with van der Waals surface area (Å²) in [6.07, 6.45) is 3.49. The number of imide groups is 1. The van der Waals surface area contributed by atoms with Gasteiger partial charge in [-0.05, 0) is 55.5 Å². The largest absolute Gasteiger partial charge is 0.452 e. The molecule has 1 heterocycles. The number of amides is 3. The lowest BCUT2D eigenvalue weighted by molar-refractivity contribution is -0.123. The SMILES string of the molecule is CC(C)NC(=O)NC(=O)COC(=O)c1c2c(nc3ccccc13)C(=Cc1ccccc1)CC2. The van der Waals surface area contributed by atoms with Gasteiger partial charge in [0, 0.05) is 11.4 Å². The van der Waals surface area contributed by atoms with Crippen LogP contribution in [0.25, 0.3) is 22.6 Å². The third-order valence-electron chi connectivity index (χ3n) is 5.29.